The highest BCUT2D eigenvalue weighted by atomic mass is 127. The third kappa shape index (κ3) is 4.37. The van der Waals surface area contributed by atoms with Crippen molar-refractivity contribution in [2.75, 3.05) is 32.8 Å². The molecule has 1 aliphatic heterocycles. The summed E-state index contributed by atoms with van der Waals surface area (Å²) in [7, 11) is 0. The normalized spacial score (nSPS) is 20.6. The minimum Gasteiger partial charge on any atom is -0.490 e. The minimum absolute atomic E-state index is 0. The number of H-pyrrole nitrogens is 1. The molecule has 3 rings (SSSR count). The number of aromatic nitrogens is 3. The molecule has 0 spiro atoms. The van der Waals surface area contributed by atoms with Crippen LogP contribution in [0.1, 0.15) is 19.0 Å². The van der Waals surface area contributed by atoms with Crippen molar-refractivity contribution in [3.05, 3.63) is 36.2 Å². The predicted octanol–water partition coefficient (Wildman–Crippen LogP) is 1.79. The highest BCUT2D eigenvalue weighted by Gasteiger charge is 2.39. The topological polar surface area (TPSA) is 83.5 Å². The van der Waals surface area contributed by atoms with Crippen molar-refractivity contribution in [2.24, 2.45) is 0 Å². The van der Waals surface area contributed by atoms with Crippen LogP contribution in [0.25, 0.3) is 0 Å². The van der Waals surface area contributed by atoms with E-state index in [4.69, 9.17) is 9.47 Å². The zero-order valence-corrected chi connectivity index (χ0v) is 16.0. The molecule has 1 fully saturated rings. The molecule has 1 aromatic carbocycles. The van der Waals surface area contributed by atoms with Gasteiger partial charge in [-0.05, 0) is 25.5 Å². The molecule has 2 aromatic rings. The molecule has 7 nitrogen and oxygen atoms in total. The van der Waals surface area contributed by atoms with Crippen LogP contribution in [-0.2, 0) is 5.60 Å². The Morgan fingerprint density at radius 3 is 2.71 bits per heavy atom. The van der Waals surface area contributed by atoms with E-state index in [-0.39, 0.29) is 24.0 Å². The van der Waals surface area contributed by atoms with Crippen LogP contribution in [0.3, 0.4) is 0 Å². The van der Waals surface area contributed by atoms with Crippen molar-refractivity contribution in [3.8, 4) is 11.5 Å². The number of aliphatic hydroxyl groups is 1. The number of halogens is 1. The van der Waals surface area contributed by atoms with Crippen molar-refractivity contribution in [3.63, 3.8) is 0 Å². The highest BCUT2D eigenvalue weighted by Crippen LogP contribution is 2.30. The molecule has 0 bridgehead atoms. The third-order valence-corrected chi connectivity index (χ3v) is 4.03. The number of rotatable bonds is 7. The van der Waals surface area contributed by atoms with E-state index in [1.54, 1.807) is 6.20 Å². The summed E-state index contributed by atoms with van der Waals surface area (Å²) in [5, 5.41) is 21.0. The fourth-order valence-electron chi connectivity index (χ4n) is 2.83. The van der Waals surface area contributed by atoms with Crippen molar-refractivity contribution in [2.45, 2.75) is 18.9 Å². The van der Waals surface area contributed by atoms with Gasteiger partial charge >= 0.3 is 0 Å². The molecule has 1 atom stereocenters. The lowest BCUT2D eigenvalue weighted by atomic mass is 10.0. The molecule has 1 aliphatic rings. The zero-order chi connectivity index (χ0) is 16.1. The van der Waals surface area contributed by atoms with Gasteiger partial charge in [0.2, 0.25) is 0 Å². The second-order valence-corrected chi connectivity index (χ2v) is 5.64. The number of hydrogen-bond donors (Lipinski definition) is 2. The van der Waals surface area contributed by atoms with Crippen LogP contribution in [0.2, 0.25) is 0 Å². The fraction of sp³-hybridized carbons (Fsp3) is 0.500. The van der Waals surface area contributed by atoms with Crippen molar-refractivity contribution in [1.29, 1.82) is 0 Å². The van der Waals surface area contributed by atoms with Gasteiger partial charge in [-0.25, -0.2) is 0 Å². The molecule has 1 aromatic heterocycles. The first-order valence-corrected chi connectivity index (χ1v) is 7.87. The molecular formula is C16H23IN4O3. The average Bonchev–Trinajstić information content (AvgIpc) is 3.20. The maximum absolute atomic E-state index is 10.6. The summed E-state index contributed by atoms with van der Waals surface area (Å²) in [4.78, 5) is 2.16. The summed E-state index contributed by atoms with van der Waals surface area (Å²) in [5.74, 6) is 1.51. The first-order valence-electron chi connectivity index (χ1n) is 7.87. The third-order valence-electron chi connectivity index (χ3n) is 4.03. The average molecular weight is 446 g/mol. The summed E-state index contributed by atoms with van der Waals surface area (Å²) in [6, 6.07) is 7.66. The first kappa shape index (κ1) is 18.9. The van der Waals surface area contributed by atoms with Crippen LogP contribution in [0.15, 0.2) is 30.5 Å². The zero-order valence-electron chi connectivity index (χ0n) is 13.6. The van der Waals surface area contributed by atoms with Crippen LogP contribution >= 0.6 is 24.0 Å². The Morgan fingerprint density at radius 2 is 2.04 bits per heavy atom. The van der Waals surface area contributed by atoms with Gasteiger partial charge in [-0.15, -0.1) is 24.0 Å². The summed E-state index contributed by atoms with van der Waals surface area (Å²) in [5.41, 5.74) is -0.321. The summed E-state index contributed by atoms with van der Waals surface area (Å²) >= 11 is 0. The first-order chi connectivity index (χ1) is 11.2. The van der Waals surface area contributed by atoms with Crippen molar-refractivity contribution < 1.29 is 14.6 Å². The van der Waals surface area contributed by atoms with Crippen LogP contribution in [-0.4, -0.2) is 58.3 Å². The Labute approximate surface area is 158 Å². The van der Waals surface area contributed by atoms with E-state index in [0.717, 1.165) is 24.6 Å². The molecule has 132 valence electrons. The van der Waals surface area contributed by atoms with Gasteiger partial charge in [0.1, 0.15) is 17.9 Å². The molecule has 24 heavy (non-hydrogen) atoms. The minimum atomic E-state index is -0.920. The molecule has 0 radical (unpaired) electrons. The van der Waals surface area contributed by atoms with E-state index in [1.807, 2.05) is 31.2 Å². The molecule has 2 heterocycles. The van der Waals surface area contributed by atoms with E-state index >= 15 is 0 Å². The molecule has 0 saturated carbocycles. The Hall–Kier alpha value is -1.39. The van der Waals surface area contributed by atoms with Crippen LogP contribution in [0.5, 0.6) is 11.5 Å². The van der Waals surface area contributed by atoms with E-state index in [2.05, 4.69) is 20.3 Å². The van der Waals surface area contributed by atoms with Gasteiger partial charge in [0.15, 0.2) is 11.5 Å². The van der Waals surface area contributed by atoms with Gasteiger partial charge < -0.3 is 14.6 Å². The standard InChI is InChI=1S/C16H22N4O3.HI/c1-2-22-13-5-3-4-6-14(13)23-10-9-20-8-7-16(21,12-20)15-11-17-19-18-15;/h3-6,11,21H,2,7-10,12H2,1H3,(H,17,18,19);1H. The lowest BCUT2D eigenvalue weighted by Gasteiger charge is -2.21. The van der Waals surface area contributed by atoms with Crippen molar-refractivity contribution >= 4 is 24.0 Å². The second kappa shape index (κ2) is 8.63. The van der Waals surface area contributed by atoms with Gasteiger partial charge in [0.05, 0.1) is 12.8 Å². The smallest absolute Gasteiger partial charge is 0.161 e. The molecule has 0 amide bonds. The number of para-hydroxylation sites is 2. The van der Waals surface area contributed by atoms with E-state index < -0.39 is 5.60 Å². The monoisotopic (exact) mass is 446 g/mol. The SMILES string of the molecule is CCOc1ccccc1OCCN1CCC(O)(c2cn[nH]n2)C1.I. The van der Waals surface area contributed by atoms with Gasteiger partial charge in [-0.3, -0.25) is 4.90 Å². The number of ether oxygens (including phenoxy) is 2. The highest BCUT2D eigenvalue weighted by molar-refractivity contribution is 14.0. The van der Waals surface area contributed by atoms with Gasteiger partial charge in [0.25, 0.3) is 0 Å². The molecular weight excluding hydrogens is 423 g/mol. The maximum atomic E-state index is 10.6. The number of β-amino-alcohol motifs (C(OH)–C–C–N with tert-alkyl or cyclic N) is 1. The van der Waals surface area contributed by atoms with Crippen LogP contribution in [0, 0.1) is 0 Å². The Balaban J connectivity index is 0.00000208. The molecule has 1 unspecified atom stereocenters. The van der Waals surface area contributed by atoms with Gasteiger partial charge in [-0.2, -0.15) is 15.4 Å². The summed E-state index contributed by atoms with van der Waals surface area (Å²) in [6.07, 6.45) is 2.23. The van der Waals surface area contributed by atoms with E-state index in [9.17, 15) is 5.11 Å². The molecule has 8 heteroatoms. The summed E-state index contributed by atoms with van der Waals surface area (Å²) in [6.45, 7) is 5.18. The molecule has 1 saturated heterocycles. The predicted molar refractivity (Wildman–Crippen MR) is 99.9 cm³/mol. The fourth-order valence-corrected chi connectivity index (χ4v) is 2.83. The van der Waals surface area contributed by atoms with E-state index in [1.165, 1.54) is 0 Å². The Morgan fingerprint density at radius 1 is 1.29 bits per heavy atom. The van der Waals surface area contributed by atoms with Crippen LogP contribution in [0.4, 0.5) is 0 Å². The second-order valence-electron chi connectivity index (χ2n) is 5.64. The van der Waals surface area contributed by atoms with Gasteiger partial charge in [0, 0.05) is 19.6 Å². The largest absolute Gasteiger partial charge is 0.490 e. The number of benzene rings is 1. The number of nitrogens with one attached hydrogen (secondary N) is 1. The van der Waals surface area contributed by atoms with E-state index in [0.29, 0.717) is 31.9 Å². The lowest BCUT2D eigenvalue weighted by Crippen LogP contribution is -2.33. The van der Waals surface area contributed by atoms with Crippen LogP contribution < -0.4 is 9.47 Å². The number of hydrogen-bond acceptors (Lipinski definition) is 6. The lowest BCUT2D eigenvalue weighted by molar-refractivity contribution is 0.0403. The van der Waals surface area contributed by atoms with Gasteiger partial charge in [-0.1, -0.05) is 12.1 Å². The summed E-state index contributed by atoms with van der Waals surface area (Å²) < 4.78 is 11.4. The number of aromatic amines is 1. The molecule has 2 N–H and O–H groups in total. The number of likely N-dealkylation sites (tertiary alicyclic amines) is 1. The quantitative estimate of drug-likeness (QED) is 0.632. The number of nitrogens with zero attached hydrogens (tertiary/aromatic N) is 3. The van der Waals surface area contributed by atoms with Crippen molar-refractivity contribution in [1.82, 2.24) is 20.3 Å². The Bertz CT molecular complexity index is 626. The Kier molecular flexibility index (Phi) is 6.81. The maximum Gasteiger partial charge on any atom is 0.161 e. The molecule has 0 aliphatic carbocycles.